The minimum Gasteiger partial charge on any atom is -0.508 e. The first kappa shape index (κ1) is 20.3. The van der Waals surface area contributed by atoms with Crippen LogP contribution in [0.2, 0.25) is 0 Å². The van der Waals surface area contributed by atoms with Crippen LogP contribution >= 0.6 is 0 Å². The monoisotopic (exact) mass is 471 g/mol. The molecule has 7 rings (SSSR count). The summed E-state index contributed by atoms with van der Waals surface area (Å²) in [5, 5.41) is 32.8. The van der Waals surface area contributed by atoms with Crippen molar-refractivity contribution >= 4 is 32.7 Å². The predicted molar refractivity (Wildman–Crippen MR) is 143 cm³/mol. The molecule has 3 aromatic heterocycles. The van der Waals surface area contributed by atoms with E-state index in [2.05, 4.69) is 33.2 Å². The van der Waals surface area contributed by atoms with E-state index in [4.69, 9.17) is 0 Å². The van der Waals surface area contributed by atoms with E-state index < -0.39 is 0 Å². The Labute approximate surface area is 205 Å². The van der Waals surface area contributed by atoms with Gasteiger partial charge in [0, 0.05) is 86.2 Å². The zero-order valence-corrected chi connectivity index (χ0v) is 19.0. The number of rotatable bonds is 3. The number of H-pyrrole nitrogens is 3. The third kappa shape index (κ3) is 3.12. The van der Waals surface area contributed by atoms with Crippen LogP contribution in [0.4, 0.5) is 0 Å². The molecule has 0 saturated carbocycles. The van der Waals surface area contributed by atoms with Crippen LogP contribution in [0.1, 0.15) is 0 Å². The van der Waals surface area contributed by atoms with Crippen LogP contribution in [0.25, 0.3) is 66.1 Å². The summed E-state index contributed by atoms with van der Waals surface area (Å²) in [6, 6.07) is 22.5. The zero-order valence-electron chi connectivity index (χ0n) is 19.0. The Balaban J connectivity index is 1.50. The third-order valence-electron chi connectivity index (χ3n) is 6.86. The molecule has 3 heterocycles. The molecule has 4 aromatic carbocycles. The Morgan fingerprint density at radius 3 is 1.00 bits per heavy atom. The lowest BCUT2D eigenvalue weighted by molar-refractivity contribution is 0.475. The molecule has 0 aliphatic rings. The minimum absolute atomic E-state index is 0.217. The number of phenolic OH excluding ortho intramolecular Hbond substituents is 3. The minimum atomic E-state index is 0.217. The van der Waals surface area contributed by atoms with Crippen LogP contribution in [0.15, 0.2) is 91.4 Å². The van der Waals surface area contributed by atoms with Gasteiger partial charge in [-0.15, -0.1) is 0 Å². The van der Waals surface area contributed by atoms with Gasteiger partial charge in [-0.05, 0) is 71.3 Å². The number of aromatic amines is 3. The van der Waals surface area contributed by atoms with E-state index in [9.17, 15) is 15.3 Å². The van der Waals surface area contributed by atoms with E-state index in [1.54, 1.807) is 36.4 Å². The molecule has 0 saturated heterocycles. The van der Waals surface area contributed by atoms with Crippen LogP contribution in [0.5, 0.6) is 17.2 Å². The molecule has 0 radical (unpaired) electrons. The molecule has 0 atom stereocenters. The molecule has 6 N–H and O–H groups in total. The lowest BCUT2D eigenvalue weighted by Crippen LogP contribution is -1.85. The highest BCUT2D eigenvalue weighted by Gasteiger charge is 2.15. The molecule has 36 heavy (non-hydrogen) atoms. The molecule has 0 amide bonds. The number of hydrogen-bond donors (Lipinski definition) is 6. The Hall–Kier alpha value is -5.10. The van der Waals surface area contributed by atoms with Crippen molar-refractivity contribution in [2.45, 2.75) is 0 Å². The molecule has 0 spiro atoms. The first-order chi connectivity index (χ1) is 17.5. The summed E-state index contributed by atoms with van der Waals surface area (Å²) in [7, 11) is 0. The highest BCUT2D eigenvalue weighted by Crippen LogP contribution is 2.40. The summed E-state index contributed by atoms with van der Waals surface area (Å²) in [5.41, 5.74) is 8.77. The molecule has 6 nitrogen and oxygen atoms in total. The maximum absolute atomic E-state index is 9.93. The smallest absolute Gasteiger partial charge is 0.117 e. The molecule has 0 aliphatic heterocycles. The fraction of sp³-hybridized carbons (Fsp3) is 0. The standard InChI is InChI=1S/C30H21N3O3/c34-19-1-4-22-25(13-31-28(22)10-19)16-7-17(26-14-32-29-11-20(35)2-5-23(26)29)9-18(8-16)27-15-33-30-12-21(36)3-6-24(27)30/h1-15,31-36H. The maximum Gasteiger partial charge on any atom is 0.117 e. The fourth-order valence-corrected chi connectivity index (χ4v) is 5.15. The summed E-state index contributed by atoms with van der Waals surface area (Å²) >= 11 is 0. The number of fused-ring (bicyclic) bond motifs is 3. The molecule has 0 unspecified atom stereocenters. The quantitative estimate of drug-likeness (QED) is 0.163. The van der Waals surface area contributed by atoms with Gasteiger partial charge >= 0.3 is 0 Å². The number of aromatic nitrogens is 3. The largest absolute Gasteiger partial charge is 0.508 e. The molecule has 7 aromatic rings. The number of aromatic hydroxyl groups is 3. The van der Waals surface area contributed by atoms with Crippen molar-refractivity contribution in [1.29, 1.82) is 0 Å². The topological polar surface area (TPSA) is 108 Å². The highest BCUT2D eigenvalue weighted by atomic mass is 16.3. The summed E-state index contributed by atoms with van der Waals surface area (Å²) in [5.74, 6) is 0.651. The Kier molecular flexibility index (Phi) is 4.20. The van der Waals surface area contributed by atoms with Crippen LogP contribution in [-0.2, 0) is 0 Å². The van der Waals surface area contributed by atoms with Crippen LogP contribution < -0.4 is 0 Å². The molecule has 174 valence electrons. The second kappa shape index (κ2) is 7.45. The summed E-state index contributed by atoms with van der Waals surface area (Å²) in [6.45, 7) is 0. The van der Waals surface area contributed by atoms with Crippen LogP contribution in [0, 0.1) is 0 Å². The highest BCUT2D eigenvalue weighted by molar-refractivity contribution is 6.03. The van der Waals surface area contributed by atoms with Gasteiger partial charge in [0.15, 0.2) is 0 Å². The molecule has 6 heteroatoms. The van der Waals surface area contributed by atoms with E-state index in [-0.39, 0.29) is 17.2 Å². The lowest BCUT2D eigenvalue weighted by atomic mass is 9.93. The van der Waals surface area contributed by atoms with E-state index in [0.29, 0.717) is 0 Å². The summed E-state index contributed by atoms with van der Waals surface area (Å²) < 4.78 is 0. The normalized spacial score (nSPS) is 11.7. The average Bonchev–Trinajstić information content (AvgIpc) is 3.59. The average molecular weight is 472 g/mol. The van der Waals surface area contributed by atoms with E-state index >= 15 is 0 Å². The van der Waals surface area contributed by atoms with Gasteiger partial charge in [-0.25, -0.2) is 0 Å². The zero-order chi connectivity index (χ0) is 24.4. The van der Waals surface area contributed by atoms with Crippen molar-refractivity contribution in [3.05, 3.63) is 91.4 Å². The van der Waals surface area contributed by atoms with E-state index in [1.807, 2.05) is 36.8 Å². The van der Waals surface area contributed by atoms with Crippen molar-refractivity contribution in [3.8, 4) is 50.6 Å². The van der Waals surface area contributed by atoms with Crippen LogP contribution in [0.3, 0.4) is 0 Å². The number of hydrogen-bond acceptors (Lipinski definition) is 3. The van der Waals surface area contributed by atoms with Gasteiger partial charge < -0.3 is 30.3 Å². The predicted octanol–water partition coefficient (Wildman–Crippen LogP) is 7.25. The molecule has 0 aliphatic carbocycles. The first-order valence-corrected chi connectivity index (χ1v) is 11.6. The third-order valence-corrected chi connectivity index (χ3v) is 6.86. The molecular formula is C30H21N3O3. The molecule has 0 fully saturated rings. The van der Waals surface area contributed by atoms with Gasteiger partial charge in [0.05, 0.1) is 0 Å². The Morgan fingerprint density at radius 2 is 0.694 bits per heavy atom. The number of benzene rings is 4. The SMILES string of the molecule is Oc1ccc2c(-c3cc(-c4c[nH]c5cc(O)ccc45)cc(-c4c[nH]c5cc(O)ccc45)c3)c[nH]c2c1. The van der Waals surface area contributed by atoms with Gasteiger partial charge in [-0.1, -0.05) is 0 Å². The maximum atomic E-state index is 9.93. The van der Waals surface area contributed by atoms with Gasteiger partial charge in [-0.2, -0.15) is 0 Å². The summed E-state index contributed by atoms with van der Waals surface area (Å²) in [4.78, 5) is 9.84. The van der Waals surface area contributed by atoms with Crippen molar-refractivity contribution in [2.24, 2.45) is 0 Å². The van der Waals surface area contributed by atoms with E-state index in [1.165, 1.54) is 0 Å². The number of phenols is 3. The molecular weight excluding hydrogens is 450 g/mol. The first-order valence-electron chi connectivity index (χ1n) is 11.6. The van der Waals surface area contributed by atoms with Crippen molar-refractivity contribution in [2.75, 3.05) is 0 Å². The van der Waals surface area contributed by atoms with Gasteiger partial charge in [0.2, 0.25) is 0 Å². The Bertz CT molecular complexity index is 1700. The molecule has 0 bridgehead atoms. The second-order valence-electron chi connectivity index (χ2n) is 9.10. The van der Waals surface area contributed by atoms with Gasteiger partial charge in [0.1, 0.15) is 17.2 Å². The van der Waals surface area contributed by atoms with E-state index in [0.717, 1.165) is 66.1 Å². The van der Waals surface area contributed by atoms with Crippen molar-refractivity contribution in [1.82, 2.24) is 15.0 Å². The lowest BCUT2D eigenvalue weighted by Gasteiger charge is -2.10. The van der Waals surface area contributed by atoms with Gasteiger partial charge in [0.25, 0.3) is 0 Å². The van der Waals surface area contributed by atoms with Crippen LogP contribution in [-0.4, -0.2) is 30.3 Å². The van der Waals surface area contributed by atoms with Crippen molar-refractivity contribution < 1.29 is 15.3 Å². The Morgan fingerprint density at radius 1 is 0.389 bits per heavy atom. The fourth-order valence-electron chi connectivity index (χ4n) is 5.15. The van der Waals surface area contributed by atoms with Gasteiger partial charge in [-0.3, -0.25) is 0 Å². The summed E-state index contributed by atoms with van der Waals surface area (Å²) in [6.07, 6.45) is 5.90. The number of nitrogens with one attached hydrogen (secondary N) is 3. The van der Waals surface area contributed by atoms with Crippen molar-refractivity contribution in [3.63, 3.8) is 0 Å². The second-order valence-corrected chi connectivity index (χ2v) is 9.10.